The van der Waals surface area contributed by atoms with E-state index in [0.717, 1.165) is 18.2 Å². The summed E-state index contributed by atoms with van der Waals surface area (Å²) in [5.74, 6) is -1.18. The summed E-state index contributed by atoms with van der Waals surface area (Å²) in [4.78, 5) is 26.9. The van der Waals surface area contributed by atoms with Crippen molar-refractivity contribution in [1.29, 1.82) is 0 Å². The number of esters is 1. The predicted octanol–water partition coefficient (Wildman–Crippen LogP) is 4.23. The smallest absolute Gasteiger partial charge is 0.340 e. The molecule has 0 spiro atoms. The van der Waals surface area contributed by atoms with E-state index in [1.54, 1.807) is 17.0 Å². The molecule has 0 fully saturated rings. The lowest BCUT2D eigenvalue weighted by Gasteiger charge is -2.26. The summed E-state index contributed by atoms with van der Waals surface area (Å²) < 4.78 is 46.6. The summed E-state index contributed by atoms with van der Waals surface area (Å²) in [6.07, 6.45) is 0. The first-order valence-corrected chi connectivity index (χ1v) is 12.2. The van der Waals surface area contributed by atoms with Crippen LogP contribution in [0.15, 0.2) is 47.4 Å². The van der Waals surface area contributed by atoms with Crippen molar-refractivity contribution >= 4 is 27.6 Å². The molecule has 2 aromatic carbocycles. The van der Waals surface area contributed by atoms with Crippen molar-refractivity contribution in [3.05, 3.63) is 59.4 Å². The molecule has 0 unspecified atom stereocenters. The van der Waals surface area contributed by atoms with E-state index in [9.17, 15) is 22.4 Å². The van der Waals surface area contributed by atoms with Crippen LogP contribution in [0.25, 0.3) is 0 Å². The van der Waals surface area contributed by atoms with E-state index in [-0.39, 0.29) is 39.5 Å². The molecule has 0 aromatic heterocycles. The molecule has 2 aromatic rings. The number of amides is 1. The number of carbonyl (C=O) groups excluding carboxylic acids is 2. The number of aryl methyl sites for hydroxylation is 1. The highest BCUT2D eigenvalue weighted by Crippen LogP contribution is 2.23. The number of nitrogens with zero attached hydrogens (tertiary/aromatic N) is 1. The summed E-state index contributed by atoms with van der Waals surface area (Å²) in [5, 5.41) is 0. The van der Waals surface area contributed by atoms with E-state index in [1.165, 1.54) is 19.1 Å². The summed E-state index contributed by atoms with van der Waals surface area (Å²) in [7, 11) is -4.09. The van der Waals surface area contributed by atoms with Gasteiger partial charge in [-0.05, 0) is 54.7 Å². The van der Waals surface area contributed by atoms with E-state index < -0.39 is 28.4 Å². The van der Waals surface area contributed by atoms with Crippen molar-refractivity contribution in [2.45, 2.75) is 39.5 Å². The van der Waals surface area contributed by atoms with Gasteiger partial charge in [-0.15, -0.1) is 0 Å². The number of hydrogen-bond acceptors (Lipinski definition) is 5. The average Bonchev–Trinajstić information content (AvgIpc) is 2.70. The molecular formula is C24H31FN2O5S. The Hall–Kier alpha value is -2.94. The molecule has 1 N–H and O–H groups in total. The minimum absolute atomic E-state index is 0.000101. The van der Waals surface area contributed by atoms with E-state index in [2.05, 4.69) is 4.72 Å². The second kappa shape index (κ2) is 11.3. The molecular weight excluding hydrogens is 447 g/mol. The van der Waals surface area contributed by atoms with Gasteiger partial charge in [-0.1, -0.05) is 39.8 Å². The summed E-state index contributed by atoms with van der Waals surface area (Å²) in [6, 6.07) is 9.26. The molecule has 33 heavy (non-hydrogen) atoms. The average molecular weight is 479 g/mol. The quantitative estimate of drug-likeness (QED) is 0.516. The molecule has 180 valence electrons. The third-order valence-electron chi connectivity index (χ3n) is 4.67. The zero-order valence-corrected chi connectivity index (χ0v) is 20.4. The zero-order valence-electron chi connectivity index (χ0n) is 19.6. The van der Waals surface area contributed by atoms with Crippen molar-refractivity contribution in [1.82, 2.24) is 4.90 Å². The van der Waals surface area contributed by atoms with Gasteiger partial charge in [0.1, 0.15) is 5.82 Å². The lowest BCUT2D eigenvalue weighted by atomic mass is 10.1. The van der Waals surface area contributed by atoms with Crippen LogP contribution in [-0.2, 0) is 19.6 Å². The van der Waals surface area contributed by atoms with Crippen LogP contribution in [-0.4, -0.2) is 44.9 Å². The Bertz CT molecular complexity index is 1090. The lowest BCUT2D eigenvalue weighted by Crippen LogP contribution is -2.39. The van der Waals surface area contributed by atoms with Crippen LogP contribution in [0.4, 0.5) is 10.1 Å². The highest BCUT2D eigenvalue weighted by Gasteiger charge is 2.23. The Labute approximate surface area is 195 Å². The van der Waals surface area contributed by atoms with Crippen LogP contribution >= 0.6 is 0 Å². The maximum absolute atomic E-state index is 13.4. The van der Waals surface area contributed by atoms with Crippen molar-refractivity contribution in [3.63, 3.8) is 0 Å². The van der Waals surface area contributed by atoms with Gasteiger partial charge in [0.05, 0.1) is 16.1 Å². The Kier molecular flexibility index (Phi) is 8.99. The summed E-state index contributed by atoms with van der Waals surface area (Å²) in [5.41, 5.74) is 0.191. The van der Waals surface area contributed by atoms with E-state index in [4.69, 9.17) is 4.74 Å². The lowest BCUT2D eigenvalue weighted by molar-refractivity contribution is -0.135. The van der Waals surface area contributed by atoms with Gasteiger partial charge in [-0.3, -0.25) is 9.52 Å². The molecule has 7 nitrogen and oxygen atoms in total. The summed E-state index contributed by atoms with van der Waals surface area (Å²) in [6.45, 7) is 10.1. The second-order valence-electron chi connectivity index (χ2n) is 8.72. The van der Waals surface area contributed by atoms with Crippen LogP contribution in [0.2, 0.25) is 0 Å². The third-order valence-corrected chi connectivity index (χ3v) is 6.19. The zero-order chi connectivity index (χ0) is 24.8. The number of benzene rings is 2. The number of ether oxygens (including phenoxy) is 1. The van der Waals surface area contributed by atoms with Gasteiger partial charge in [0.15, 0.2) is 6.61 Å². The molecule has 2 rings (SSSR count). The first kappa shape index (κ1) is 26.3. The Morgan fingerprint density at radius 2 is 1.64 bits per heavy atom. The Balaban J connectivity index is 2.17. The first-order valence-electron chi connectivity index (χ1n) is 10.7. The van der Waals surface area contributed by atoms with Gasteiger partial charge in [0.25, 0.3) is 15.9 Å². The number of rotatable bonds is 10. The molecule has 0 saturated carbocycles. The fraction of sp³-hybridized carbons (Fsp3) is 0.417. The van der Waals surface area contributed by atoms with E-state index >= 15 is 0 Å². The highest BCUT2D eigenvalue weighted by molar-refractivity contribution is 7.92. The maximum atomic E-state index is 13.4. The normalized spacial score (nSPS) is 11.5. The molecule has 0 aliphatic rings. The van der Waals surface area contributed by atoms with E-state index in [1.807, 2.05) is 27.7 Å². The number of nitrogens with one attached hydrogen (secondary N) is 1. The molecule has 1 amide bonds. The fourth-order valence-corrected chi connectivity index (χ4v) is 4.63. The topological polar surface area (TPSA) is 92.8 Å². The van der Waals surface area contributed by atoms with Gasteiger partial charge < -0.3 is 9.64 Å². The van der Waals surface area contributed by atoms with Crippen LogP contribution in [0, 0.1) is 24.6 Å². The fourth-order valence-electron chi connectivity index (χ4n) is 3.32. The molecule has 0 atom stereocenters. The first-order chi connectivity index (χ1) is 15.4. The van der Waals surface area contributed by atoms with Crippen molar-refractivity contribution in [3.8, 4) is 0 Å². The molecule has 0 bridgehead atoms. The molecule has 0 heterocycles. The third kappa shape index (κ3) is 7.56. The van der Waals surface area contributed by atoms with Crippen LogP contribution in [0.5, 0.6) is 0 Å². The van der Waals surface area contributed by atoms with Crippen LogP contribution < -0.4 is 4.72 Å². The Morgan fingerprint density at radius 3 is 2.21 bits per heavy atom. The molecule has 0 radical (unpaired) electrons. The number of sulfonamides is 1. The van der Waals surface area contributed by atoms with Crippen LogP contribution in [0.3, 0.4) is 0 Å². The largest absolute Gasteiger partial charge is 0.452 e. The number of anilines is 1. The standard InChI is InChI=1S/C24H31FN2O5S/c1-16(2)13-27(14-17(3)4)23(28)15-32-24(29)20-8-6-7-9-21(20)26-33(30,31)22-11-10-19(25)12-18(22)5/h6-12,16-17,26H,13-15H2,1-5H3. The SMILES string of the molecule is Cc1cc(F)ccc1S(=O)(=O)Nc1ccccc1C(=O)OCC(=O)N(CC(C)C)CC(C)C. The highest BCUT2D eigenvalue weighted by atomic mass is 32.2. The van der Waals surface area contributed by atoms with E-state index in [0.29, 0.717) is 13.1 Å². The number of hydrogen-bond donors (Lipinski definition) is 1. The number of para-hydroxylation sites is 1. The number of halogens is 1. The van der Waals surface area contributed by atoms with Gasteiger partial charge in [-0.2, -0.15) is 0 Å². The van der Waals surface area contributed by atoms with Crippen molar-refractivity contribution in [2.24, 2.45) is 11.8 Å². The summed E-state index contributed by atoms with van der Waals surface area (Å²) >= 11 is 0. The van der Waals surface area contributed by atoms with Gasteiger partial charge in [-0.25, -0.2) is 17.6 Å². The Morgan fingerprint density at radius 1 is 1.03 bits per heavy atom. The minimum Gasteiger partial charge on any atom is -0.452 e. The predicted molar refractivity (Wildman–Crippen MR) is 125 cm³/mol. The van der Waals surface area contributed by atoms with Crippen molar-refractivity contribution in [2.75, 3.05) is 24.4 Å². The second-order valence-corrected chi connectivity index (χ2v) is 10.4. The van der Waals surface area contributed by atoms with Gasteiger partial charge in [0, 0.05) is 13.1 Å². The molecule has 0 saturated heterocycles. The molecule has 0 aliphatic carbocycles. The van der Waals surface area contributed by atoms with Crippen molar-refractivity contribution < 1.29 is 27.1 Å². The van der Waals surface area contributed by atoms with Gasteiger partial charge >= 0.3 is 5.97 Å². The minimum atomic E-state index is -4.09. The molecule has 9 heteroatoms. The monoisotopic (exact) mass is 478 g/mol. The van der Waals surface area contributed by atoms with Crippen LogP contribution in [0.1, 0.15) is 43.6 Å². The van der Waals surface area contributed by atoms with Gasteiger partial charge in [0.2, 0.25) is 0 Å². The molecule has 0 aliphatic heterocycles. The number of carbonyl (C=O) groups is 2. The maximum Gasteiger partial charge on any atom is 0.340 e.